The smallest absolute Gasteiger partial charge is 0.250 e. The number of amides is 2. The molecule has 0 spiro atoms. The molecular formula is C18H25N3O3. The van der Waals surface area contributed by atoms with Crippen LogP contribution in [0.1, 0.15) is 33.6 Å². The van der Waals surface area contributed by atoms with Crippen molar-refractivity contribution >= 4 is 23.2 Å². The summed E-state index contributed by atoms with van der Waals surface area (Å²) in [4.78, 5) is 29.0. The van der Waals surface area contributed by atoms with E-state index in [0.29, 0.717) is 12.2 Å². The summed E-state index contributed by atoms with van der Waals surface area (Å²) in [5.41, 5.74) is -0.341. The molecule has 2 N–H and O–H groups in total. The molecule has 3 rings (SSSR count). The van der Waals surface area contributed by atoms with Crippen LogP contribution in [0.25, 0.3) is 0 Å². The molecule has 1 aromatic carbocycles. The zero-order valence-corrected chi connectivity index (χ0v) is 14.5. The van der Waals surface area contributed by atoms with Gasteiger partial charge in [-0.3, -0.25) is 19.4 Å². The summed E-state index contributed by atoms with van der Waals surface area (Å²) in [6, 6.07) is 7.34. The van der Waals surface area contributed by atoms with Crippen LogP contribution in [0.15, 0.2) is 24.3 Å². The summed E-state index contributed by atoms with van der Waals surface area (Å²) in [6.45, 7) is 6.76. The minimum absolute atomic E-state index is 0.125. The summed E-state index contributed by atoms with van der Waals surface area (Å²) in [7, 11) is 0. The van der Waals surface area contributed by atoms with Crippen molar-refractivity contribution < 1.29 is 14.7 Å². The van der Waals surface area contributed by atoms with Gasteiger partial charge in [0.15, 0.2) is 0 Å². The Morgan fingerprint density at radius 2 is 2.00 bits per heavy atom. The molecule has 130 valence electrons. The first-order valence-corrected chi connectivity index (χ1v) is 8.39. The van der Waals surface area contributed by atoms with E-state index in [4.69, 9.17) is 0 Å². The zero-order valence-electron chi connectivity index (χ0n) is 14.5. The first kappa shape index (κ1) is 16.9. The van der Waals surface area contributed by atoms with Crippen LogP contribution in [0, 0.1) is 0 Å². The molecule has 2 aliphatic heterocycles. The first-order valence-electron chi connectivity index (χ1n) is 8.39. The normalized spacial score (nSPS) is 26.7. The molecule has 1 unspecified atom stereocenters. The van der Waals surface area contributed by atoms with Crippen molar-refractivity contribution in [1.29, 1.82) is 0 Å². The molecule has 1 saturated heterocycles. The molecule has 1 atom stereocenters. The van der Waals surface area contributed by atoms with Crippen LogP contribution in [0.2, 0.25) is 0 Å². The van der Waals surface area contributed by atoms with E-state index in [1.54, 1.807) is 31.7 Å². The lowest BCUT2D eigenvalue weighted by molar-refractivity contribution is -0.128. The number of β-amino-alcohol motifs (C(OH)–C–C–N with tert-alkyl or cyclic N) is 1. The lowest BCUT2D eigenvalue weighted by Gasteiger charge is -2.43. The Kier molecular flexibility index (Phi) is 4.13. The predicted molar refractivity (Wildman–Crippen MR) is 92.9 cm³/mol. The van der Waals surface area contributed by atoms with Crippen LogP contribution in [0.5, 0.6) is 0 Å². The molecule has 0 aliphatic carbocycles. The van der Waals surface area contributed by atoms with Crippen LogP contribution < -0.4 is 10.2 Å². The Morgan fingerprint density at radius 3 is 2.71 bits per heavy atom. The van der Waals surface area contributed by atoms with Crippen molar-refractivity contribution in [1.82, 2.24) is 4.90 Å². The molecule has 0 bridgehead atoms. The second kappa shape index (κ2) is 5.86. The number of benzene rings is 1. The number of nitrogens with one attached hydrogen (secondary N) is 1. The summed E-state index contributed by atoms with van der Waals surface area (Å²) in [5.74, 6) is -0.319. The van der Waals surface area contributed by atoms with Crippen LogP contribution in [0.4, 0.5) is 11.4 Å². The van der Waals surface area contributed by atoms with Gasteiger partial charge >= 0.3 is 0 Å². The highest BCUT2D eigenvalue weighted by molar-refractivity contribution is 6.14. The number of likely N-dealkylation sites (tertiary alicyclic amines) is 1. The minimum atomic E-state index is -0.955. The highest BCUT2D eigenvalue weighted by Gasteiger charge is 2.44. The maximum absolute atomic E-state index is 13.0. The van der Waals surface area contributed by atoms with E-state index in [1.807, 2.05) is 23.1 Å². The molecule has 2 aliphatic rings. The Labute approximate surface area is 142 Å². The second-order valence-electron chi connectivity index (χ2n) is 7.57. The largest absolute Gasteiger partial charge is 0.389 e. The minimum Gasteiger partial charge on any atom is -0.389 e. The number of nitrogens with zero attached hydrogens (tertiary/aromatic N) is 2. The van der Waals surface area contributed by atoms with Gasteiger partial charge in [0.1, 0.15) is 5.54 Å². The summed E-state index contributed by atoms with van der Waals surface area (Å²) >= 11 is 0. The van der Waals surface area contributed by atoms with E-state index >= 15 is 0 Å². The quantitative estimate of drug-likeness (QED) is 0.863. The fourth-order valence-corrected chi connectivity index (χ4v) is 3.62. The third-order valence-electron chi connectivity index (χ3n) is 4.87. The molecule has 0 saturated carbocycles. The molecule has 24 heavy (non-hydrogen) atoms. The van der Waals surface area contributed by atoms with Gasteiger partial charge in [-0.15, -0.1) is 0 Å². The fourth-order valence-electron chi connectivity index (χ4n) is 3.62. The fraction of sp³-hybridized carbons (Fsp3) is 0.556. The number of rotatable bonds is 2. The topological polar surface area (TPSA) is 72.9 Å². The Bertz CT molecular complexity index is 669. The van der Waals surface area contributed by atoms with Gasteiger partial charge in [-0.25, -0.2) is 0 Å². The highest BCUT2D eigenvalue weighted by Crippen LogP contribution is 2.36. The Balaban J connectivity index is 1.86. The lowest BCUT2D eigenvalue weighted by atomic mass is 9.94. The number of para-hydroxylation sites is 2. The first-order chi connectivity index (χ1) is 11.2. The van der Waals surface area contributed by atoms with E-state index in [0.717, 1.165) is 25.1 Å². The summed E-state index contributed by atoms with van der Waals surface area (Å²) < 4.78 is 0. The number of fused-ring (bicyclic) bond motifs is 1. The van der Waals surface area contributed by atoms with Crippen LogP contribution >= 0.6 is 0 Å². The number of hydrogen-bond donors (Lipinski definition) is 2. The van der Waals surface area contributed by atoms with Crippen molar-refractivity contribution in [3.05, 3.63) is 24.3 Å². The van der Waals surface area contributed by atoms with Gasteiger partial charge in [-0.05, 0) is 52.3 Å². The van der Waals surface area contributed by atoms with Crippen molar-refractivity contribution in [2.75, 3.05) is 29.9 Å². The number of carbonyl (C=O) groups is 2. The molecule has 2 heterocycles. The number of hydrogen-bond acceptors (Lipinski definition) is 4. The van der Waals surface area contributed by atoms with Crippen molar-refractivity contribution in [3.63, 3.8) is 0 Å². The van der Waals surface area contributed by atoms with Gasteiger partial charge < -0.3 is 10.4 Å². The monoisotopic (exact) mass is 331 g/mol. The van der Waals surface area contributed by atoms with Crippen LogP contribution in [-0.4, -0.2) is 52.6 Å². The van der Waals surface area contributed by atoms with Crippen LogP contribution in [0.3, 0.4) is 0 Å². The van der Waals surface area contributed by atoms with Gasteiger partial charge in [-0.1, -0.05) is 12.1 Å². The molecule has 0 aromatic heterocycles. The molecule has 1 aromatic rings. The van der Waals surface area contributed by atoms with Gasteiger partial charge in [0, 0.05) is 6.54 Å². The Morgan fingerprint density at radius 1 is 1.29 bits per heavy atom. The molecule has 0 radical (unpaired) electrons. The van der Waals surface area contributed by atoms with Crippen LogP contribution in [-0.2, 0) is 9.59 Å². The second-order valence-corrected chi connectivity index (χ2v) is 7.57. The van der Waals surface area contributed by atoms with Gasteiger partial charge in [0.25, 0.3) is 0 Å². The summed E-state index contributed by atoms with van der Waals surface area (Å²) in [6.07, 6.45) is 1.61. The number of carbonyl (C=O) groups excluding carboxylic acids is 2. The Hall–Kier alpha value is -1.92. The maximum atomic E-state index is 13.0. The molecule has 1 fully saturated rings. The molecule has 2 amide bonds. The van der Waals surface area contributed by atoms with Gasteiger partial charge in [-0.2, -0.15) is 0 Å². The van der Waals surface area contributed by atoms with Crippen molar-refractivity contribution in [2.24, 2.45) is 0 Å². The van der Waals surface area contributed by atoms with E-state index in [-0.39, 0.29) is 18.4 Å². The van der Waals surface area contributed by atoms with E-state index in [9.17, 15) is 14.7 Å². The SMILES string of the molecule is CC1(O)CCCN(CC(=O)N2c3ccccc3NC(=O)C2(C)C)C1. The third kappa shape index (κ3) is 3.03. The van der Waals surface area contributed by atoms with Gasteiger partial charge in [0.2, 0.25) is 11.8 Å². The molecule has 6 heteroatoms. The van der Waals surface area contributed by atoms with Crippen molar-refractivity contribution in [2.45, 2.75) is 44.8 Å². The third-order valence-corrected chi connectivity index (χ3v) is 4.87. The summed E-state index contributed by atoms with van der Waals surface area (Å²) in [5, 5.41) is 13.1. The number of aliphatic hydroxyl groups is 1. The molecular weight excluding hydrogens is 306 g/mol. The predicted octanol–water partition coefficient (Wildman–Crippen LogP) is 1.60. The molecule has 6 nitrogen and oxygen atoms in total. The van der Waals surface area contributed by atoms with Crippen molar-refractivity contribution in [3.8, 4) is 0 Å². The van der Waals surface area contributed by atoms with E-state index in [2.05, 4.69) is 5.32 Å². The van der Waals surface area contributed by atoms with E-state index < -0.39 is 11.1 Å². The van der Waals surface area contributed by atoms with E-state index in [1.165, 1.54) is 0 Å². The zero-order chi connectivity index (χ0) is 17.5. The maximum Gasteiger partial charge on any atom is 0.250 e. The average molecular weight is 331 g/mol. The standard InChI is InChI=1S/C18H25N3O3/c1-17(2)16(23)19-13-7-4-5-8-14(13)21(17)15(22)11-20-10-6-9-18(3,24)12-20/h4-5,7-8,24H,6,9-12H2,1-3H3,(H,19,23). The van der Waals surface area contributed by atoms with Gasteiger partial charge in [0.05, 0.1) is 23.5 Å². The number of piperidine rings is 1. The average Bonchev–Trinajstić information content (AvgIpc) is 2.47. The highest BCUT2D eigenvalue weighted by atomic mass is 16.3. The lowest BCUT2D eigenvalue weighted by Crippen LogP contribution is -2.61. The number of anilines is 2.